The molecule has 0 bridgehead atoms. The minimum absolute atomic E-state index is 0.121. The molecular weight excluding hydrogens is 909 g/mol. The van der Waals surface area contributed by atoms with Crippen LogP contribution in [0.25, 0.3) is 0 Å². The predicted molar refractivity (Wildman–Crippen MR) is 264 cm³/mol. The molecule has 14 heteroatoms. The lowest BCUT2D eigenvalue weighted by atomic mass is 9.98. The molecule has 13 nitrogen and oxygen atoms in total. The van der Waals surface area contributed by atoms with E-state index in [-0.39, 0.29) is 26.4 Å². The first-order valence-corrected chi connectivity index (χ1v) is 27.4. The van der Waals surface area contributed by atoms with Crippen molar-refractivity contribution in [2.75, 3.05) is 19.8 Å². The molecule has 9 rings (SSSR count). The summed E-state index contributed by atoms with van der Waals surface area (Å²) < 4.78 is 89.3. The normalized spacial score (nSPS) is 33.0. The van der Waals surface area contributed by atoms with Gasteiger partial charge in [0.1, 0.15) is 48.3 Å². The highest BCUT2D eigenvalue weighted by atomic mass is 28.4. The zero-order chi connectivity index (χ0) is 49.0. The molecule has 4 aromatic rings. The maximum absolute atomic E-state index is 7.30. The molecular formula is C56H74O13Si. The minimum Gasteiger partial charge on any atom is -0.389 e. The molecule has 0 N–H and O–H groups in total. The summed E-state index contributed by atoms with van der Waals surface area (Å²) in [7, 11) is -2.41. The molecule has 0 aromatic heterocycles. The number of benzene rings is 4. The van der Waals surface area contributed by atoms with Gasteiger partial charge in [0.05, 0.1) is 45.7 Å². The fraction of sp³-hybridized carbons (Fsp3) is 0.571. The van der Waals surface area contributed by atoms with Crippen LogP contribution >= 0.6 is 0 Å². The third-order valence-corrected chi connectivity index (χ3v) is 20.6. The zero-order valence-corrected chi connectivity index (χ0v) is 43.3. The van der Waals surface area contributed by atoms with Gasteiger partial charge in [-0.05, 0) is 54.1 Å². The van der Waals surface area contributed by atoms with E-state index in [0.717, 1.165) is 22.3 Å². The zero-order valence-electron chi connectivity index (χ0n) is 42.3. The lowest BCUT2D eigenvalue weighted by Crippen LogP contribution is -2.64. The summed E-state index contributed by atoms with van der Waals surface area (Å²) in [5.74, 6) is -0.930. The van der Waals surface area contributed by atoms with Gasteiger partial charge in [-0.3, -0.25) is 0 Å². The van der Waals surface area contributed by atoms with Crippen molar-refractivity contribution in [3.05, 3.63) is 144 Å². The van der Waals surface area contributed by atoms with E-state index in [1.54, 1.807) is 0 Å². The average Bonchev–Trinajstić information content (AvgIpc) is 4.01. The second-order valence-corrected chi connectivity index (χ2v) is 26.3. The summed E-state index contributed by atoms with van der Waals surface area (Å²) >= 11 is 0. The summed E-state index contributed by atoms with van der Waals surface area (Å²) in [6.45, 7) is 20.9. The van der Waals surface area contributed by atoms with Crippen LogP contribution in [-0.4, -0.2) is 107 Å². The Labute approximate surface area is 415 Å². The molecule has 5 aliphatic heterocycles. The molecule has 5 saturated heterocycles. The van der Waals surface area contributed by atoms with Gasteiger partial charge in [-0.15, -0.1) is 0 Å². The van der Waals surface area contributed by atoms with E-state index in [9.17, 15) is 0 Å². The first-order valence-electron chi connectivity index (χ1n) is 25.3. The molecule has 0 aliphatic carbocycles. The molecule has 70 heavy (non-hydrogen) atoms. The summed E-state index contributed by atoms with van der Waals surface area (Å²) in [5.41, 5.74) is 3.92. The molecule has 5 aliphatic rings. The Morgan fingerprint density at radius 1 is 0.571 bits per heavy atom. The van der Waals surface area contributed by atoms with Crippen LogP contribution in [0.4, 0.5) is 0 Å². The maximum Gasteiger partial charge on any atom is 0.203 e. The van der Waals surface area contributed by atoms with Gasteiger partial charge in [-0.1, -0.05) is 163 Å². The van der Waals surface area contributed by atoms with E-state index in [1.165, 1.54) is 0 Å². The third-order valence-electron chi connectivity index (χ3n) is 14.6. The first-order chi connectivity index (χ1) is 33.7. The molecule has 0 radical (unpaired) electrons. The van der Waals surface area contributed by atoms with Gasteiger partial charge in [0.25, 0.3) is 0 Å². The highest BCUT2D eigenvalue weighted by molar-refractivity contribution is 6.77. The largest absolute Gasteiger partial charge is 0.389 e. The second-order valence-electron chi connectivity index (χ2n) is 20.8. The molecule has 5 fully saturated rings. The number of rotatable bonds is 20. The summed E-state index contributed by atoms with van der Waals surface area (Å²) in [6.07, 6.45) is -8.44. The van der Waals surface area contributed by atoms with Gasteiger partial charge < -0.3 is 61.3 Å². The van der Waals surface area contributed by atoms with E-state index in [1.807, 2.05) is 142 Å². The molecule has 380 valence electrons. The Morgan fingerprint density at radius 2 is 1.11 bits per heavy atom. The molecule has 5 heterocycles. The van der Waals surface area contributed by atoms with E-state index < -0.39 is 93.7 Å². The van der Waals surface area contributed by atoms with E-state index in [2.05, 4.69) is 41.5 Å². The number of fused-ring (bicyclic) bond motifs is 2. The quantitative estimate of drug-likeness (QED) is 0.0783. The Balaban J connectivity index is 1.02. The van der Waals surface area contributed by atoms with Crippen LogP contribution in [-0.2, 0) is 81.1 Å². The van der Waals surface area contributed by atoms with Crippen molar-refractivity contribution in [1.29, 1.82) is 0 Å². The maximum atomic E-state index is 7.30. The number of ether oxygens (including phenoxy) is 12. The van der Waals surface area contributed by atoms with Crippen molar-refractivity contribution >= 4 is 8.32 Å². The van der Waals surface area contributed by atoms with Crippen LogP contribution in [0.3, 0.4) is 0 Å². The van der Waals surface area contributed by atoms with E-state index in [0.29, 0.717) is 29.8 Å². The SMILES string of the molecule is CC(C)[Si](O[C@@H]1O[C@@H](C)[C@H](O[C@@H]2OC[C@@H](OCc3ccccc3)[C@H](O[C@@H]3OC[C@@]4(COCc5ccccc5)O[C@H](c5ccccc5)O[C@@H]34)[C@H]2OCc2ccccc2)[C@H]2OC(C)(C)O[C@@H]12)(C(C)C)C(C)C. The first kappa shape index (κ1) is 51.5. The average molecular weight is 983 g/mol. The molecule has 4 aromatic carbocycles. The molecule has 13 atom stereocenters. The van der Waals surface area contributed by atoms with Crippen LogP contribution in [0, 0.1) is 0 Å². The Morgan fingerprint density at radius 3 is 1.71 bits per heavy atom. The van der Waals surface area contributed by atoms with Crippen LogP contribution < -0.4 is 0 Å². The number of hydrogen-bond acceptors (Lipinski definition) is 13. The summed E-state index contributed by atoms with van der Waals surface area (Å²) in [4.78, 5) is 0. The van der Waals surface area contributed by atoms with Crippen molar-refractivity contribution in [2.24, 2.45) is 0 Å². The lowest BCUT2D eigenvalue weighted by Gasteiger charge is -2.50. The molecule has 0 amide bonds. The minimum atomic E-state index is -2.41. The lowest BCUT2D eigenvalue weighted by molar-refractivity contribution is -0.350. The van der Waals surface area contributed by atoms with Crippen molar-refractivity contribution in [3.63, 3.8) is 0 Å². The van der Waals surface area contributed by atoms with Gasteiger partial charge >= 0.3 is 0 Å². The summed E-state index contributed by atoms with van der Waals surface area (Å²) in [5, 5.41) is 0. The van der Waals surface area contributed by atoms with Crippen molar-refractivity contribution in [1.82, 2.24) is 0 Å². The third kappa shape index (κ3) is 11.2. The summed E-state index contributed by atoms with van der Waals surface area (Å²) in [6, 6.07) is 40.0. The van der Waals surface area contributed by atoms with Gasteiger partial charge in [-0.2, -0.15) is 0 Å². The molecule has 0 saturated carbocycles. The van der Waals surface area contributed by atoms with Gasteiger partial charge in [0.2, 0.25) is 8.32 Å². The Hall–Kier alpha value is -3.42. The monoisotopic (exact) mass is 982 g/mol. The smallest absolute Gasteiger partial charge is 0.203 e. The standard InChI is InChI=1S/C56H74O13Si/c1-36(2)70(37(3)4,38(5)6)69-53-49-47(66-55(8,9)67-49)45(39(7)62-53)63-52-48(59-32-42-26-18-12-19-27-42)46(44(33-60-52)58-31-41-24-16-11-17-25-41)64-54-50-56(35-61-54,34-57-30-40-22-14-10-15-23-40)68-51(65-50)43-28-20-13-21-29-43/h10-29,36-39,44-54H,30-35H2,1-9H3/t39-,44+,45-,46-,47+,48+,49+,50-,51+,52-,53-,54-,56+/m0/s1. The van der Waals surface area contributed by atoms with Crippen molar-refractivity contribution in [2.45, 2.75) is 184 Å². The van der Waals surface area contributed by atoms with Gasteiger partial charge in [0.15, 0.2) is 30.9 Å². The van der Waals surface area contributed by atoms with E-state index in [4.69, 9.17) is 61.3 Å². The van der Waals surface area contributed by atoms with Crippen LogP contribution in [0.15, 0.2) is 121 Å². The number of hydrogen-bond donors (Lipinski definition) is 0. The second kappa shape index (κ2) is 22.4. The van der Waals surface area contributed by atoms with Crippen LogP contribution in [0.1, 0.15) is 90.9 Å². The van der Waals surface area contributed by atoms with Gasteiger partial charge in [-0.25, -0.2) is 0 Å². The molecule has 0 unspecified atom stereocenters. The van der Waals surface area contributed by atoms with Crippen molar-refractivity contribution in [3.8, 4) is 0 Å². The van der Waals surface area contributed by atoms with Crippen LogP contribution in [0.2, 0.25) is 16.6 Å². The van der Waals surface area contributed by atoms with Crippen LogP contribution in [0.5, 0.6) is 0 Å². The fourth-order valence-electron chi connectivity index (χ4n) is 11.3. The highest BCUT2D eigenvalue weighted by Gasteiger charge is 2.63. The fourth-order valence-corrected chi connectivity index (χ4v) is 16.7. The molecule has 0 spiro atoms. The van der Waals surface area contributed by atoms with E-state index >= 15 is 0 Å². The highest BCUT2D eigenvalue weighted by Crippen LogP contribution is 2.49. The predicted octanol–water partition coefficient (Wildman–Crippen LogP) is 10.2. The Bertz CT molecular complexity index is 2200. The van der Waals surface area contributed by atoms with Crippen molar-refractivity contribution < 1.29 is 61.3 Å². The van der Waals surface area contributed by atoms with Gasteiger partial charge in [0, 0.05) is 5.56 Å². The topological polar surface area (TPSA) is 120 Å². The Kier molecular flexibility index (Phi) is 16.4.